The average molecular weight is 447 g/mol. The third-order valence-electron chi connectivity index (χ3n) is 4.53. The van der Waals surface area contributed by atoms with Crippen LogP contribution in [0.4, 0.5) is 20.6 Å². The number of amides is 3. The Morgan fingerprint density at radius 2 is 2.00 bits per heavy atom. The minimum absolute atomic E-state index is 0.0255. The number of nitrogens with one attached hydrogen (secondary N) is 2. The van der Waals surface area contributed by atoms with Gasteiger partial charge in [-0.25, -0.2) is 9.18 Å². The van der Waals surface area contributed by atoms with E-state index in [2.05, 4.69) is 15.6 Å². The molecule has 1 aliphatic heterocycles. The second kappa shape index (κ2) is 9.57. The van der Waals surface area contributed by atoms with E-state index >= 15 is 0 Å². The summed E-state index contributed by atoms with van der Waals surface area (Å²) in [7, 11) is 1.58. The summed E-state index contributed by atoms with van der Waals surface area (Å²) >= 11 is 6.60. The van der Waals surface area contributed by atoms with E-state index in [1.807, 2.05) is 0 Å². The minimum Gasteiger partial charge on any atom is -0.464 e. The number of carbonyl (C=O) groups excluding carboxylic acids is 3. The first kappa shape index (κ1) is 22.2. The van der Waals surface area contributed by atoms with E-state index < -0.39 is 17.8 Å². The number of rotatable bonds is 5. The standard InChI is InChI=1S/C21H20ClFN4O4/c1-12(28)31-10-9-24-21(30)26-15-7-8-16-18(19(15)22)20(25-11-17(29)27(16)2)13-5-3-4-6-14(13)23/h3-8H,9-11H2,1-2H3,(H2,24,26,30). The number of ether oxygens (including phenoxy) is 1. The average Bonchev–Trinajstić information content (AvgIpc) is 2.85. The Bertz CT molecular complexity index is 1070. The smallest absolute Gasteiger partial charge is 0.319 e. The molecule has 0 aromatic heterocycles. The van der Waals surface area contributed by atoms with Crippen LogP contribution in [0.1, 0.15) is 18.1 Å². The number of esters is 1. The number of carbonyl (C=O) groups is 3. The molecule has 0 bridgehead atoms. The highest BCUT2D eigenvalue weighted by Gasteiger charge is 2.27. The second-order valence-electron chi connectivity index (χ2n) is 6.64. The molecule has 0 aliphatic carbocycles. The van der Waals surface area contributed by atoms with Crippen LogP contribution >= 0.6 is 11.6 Å². The Balaban J connectivity index is 1.95. The van der Waals surface area contributed by atoms with Crippen molar-refractivity contribution in [1.29, 1.82) is 0 Å². The zero-order valence-electron chi connectivity index (χ0n) is 16.9. The van der Waals surface area contributed by atoms with Gasteiger partial charge in [0.2, 0.25) is 5.91 Å². The lowest BCUT2D eigenvalue weighted by Crippen LogP contribution is -2.32. The van der Waals surface area contributed by atoms with E-state index in [9.17, 15) is 18.8 Å². The zero-order valence-corrected chi connectivity index (χ0v) is 17.6. The molecule has 0 atom stereocenters. The summed E-state index contributed by atoms with van der Waals surface area (Å²) in [6, 6.07) is 8.62. The molecule has 3 rings (SSSR count). The number of benzene rings is 2. The van der Waals surface area contributed by atoms with Crippen molar-refractivity contribution in [3.63, 3.8) is 0 Å². The fourth-order valence-electron chi connectivity index (χ4n) is 3.03. The molecule has 0 spiro atoms. The second-order valence-corrected chi connectivity index (χ2v) is 7.02. The minimum atomic E-state index is -0.573. The van der Waals surface area contributed by atoms with Crippen molar-refractivity contribution in [3.8, 4) is 0 Å². The molecule has 31 heavy (non-hydrogen) atoms. The van der Waals surface area contributed by atoms with Gasteiger partial charge in [0, 0.05) is 25.1 Å². The third kappa shape index (κ3) is 5.00. The molecule has 0 saturated carbocycles. The first-order chi connectivity index (χ1) is 14.8. The van der Waals surface area contributed by atoms with Crippen molar-refractivity contribution < 1.29 is 23.5 Å². The molecule has 0 radical (unpaired) electrons. The lowest BCUT2D eigenvalue weighted by atomic mass is 9.99. The van der Waals surface area contributed by atoms with Gasteiger partial charge in [-0.2, -0.15) is 0 Å². The number of fused-ring (bicyclic) bond motifs is 1. The van der Waals surface area contributed by atoms with E-state index in [4.69, 9.17) is 16.3 Å². The van der Waals surface area contributed by atoms with Crippen LogP contribution in [0.5, 0.6) is 0 Å². The molecule has 0 fully saturated rings. The van der Waals surface area contributed by atoms with E-state index in [0.717, 1.165) is 0 Å². The summed E-state index contributed by atoms with van der Waals surface area (Å²) in [5, 5.41) is 5.25. The number of benzodiazepines with no additional fused rings is 1. The number of urea groups is 1. The normalized spacial score (nSPS) is 13.1. The Kier molecular flexibility index (Phi) is 6.86. The van der Waals surface area contributed by atoms with E-state index in [0.29, 0.717) is 11.3 Å². The van der Waals surface area contributed by atoms with Crippen molar-refractivity contribution >= 4 is 46.6 Å². The Morgan fingerprint density at radius 1 is 1.26 bits per heavy atom. The van der Waals surface area contributed by atoms with Crippen molar-refractivity contribution in [2.24, 2.45) is 4.99 Å². The summed E-state index contributed by atoms with van der Waals surface area (Å²) in [5.74, 6) is -1.25. The molecule has 162 valence electrons. The summed E-state index contributed by atoms with van der Waals surface area (Å²) < 4.78 is 19.3. The number of halogens is 2. The van der Waals surface area contributed by atoms with Crippen LogP contribution in [0, 0.1) is 5.82 Å². The van der Waals surface area contributed by atoms with Gasteiger partial charge in [0.25, 0.3) is 0 Å². The van der Waals surface area contributed by atoms with Gasteiger partial charge in [-0.1, -0.05) is 23.7 Å². The zero-order chi connectivity index (χ0) is 22.5. The van der Waals surface area contributed by atoms with E-state index in [1.165, 1.54) is 17.9 Å². The van der Waals surface area contributed by atoms with Crippen LogP contribution < -0.4 is 15.5 Å². The van der Waals surface area contributed by atoms with Gasteiger partial charge in [0.15, 0.2) is 0 Å². The van der Waals surface area contributed by atoms with Crippen molar-refractivity contribution in [2.75, 3.05) is 37.0 Å². The maximum absolute atomic E-state index is 14.5. The number of likely N-dealkylation sites (N-methyl/N-ethyl adjacent to an activating group) is 1. The first-order valence-electron chi connectivity index (χ1n) is 9.36. The number of aliphatic imine (C=N–C) groups is 1. The molecule has 3 amide bonds. The van der Waals surface area contributed by atoms with Gasteiger partial charge in [-0.05, 0) is 24.3 Å². The van der Waals surface area contributed by atoms with E-state index in [-0.39, 0.29) is 47.6 Å². The fourth-order valence-corrected chi connectivity index (χ4v) is 3.33. The molecular weight excluding hydrogens is 427 g/mol. The highest BCUT2D eigenvalue weighted by Crippen LogP contribution is 2.37. The van der Waals surface area contributed by atoms with Crippen LogP contribution in [0.2, 0.25) is 5.02 Å². The first-order valence-corrected chi connectivity index (χ1v) is 9.74. The van der Waals surface area contributed by atoms with Gasteiger partial charge in [0.1, 0.15) is 19.0 Å². The van der Waals surface area contributed by atoms with E-state index in [1.54, 1.807) is 37.4 Å². The quantitative estimate of drug-likeness (QED) is 0.544. The SMILES string of the molecule is CC(=O)OCCNC(=O)Nc1ccc2c(c1Cl)C(c1ccccc1F)=NCC(=O)N2C. The Labute approximate surface area is 183 Å². The highest BCUT2D eigenvalue weighted by atomic mass is 35.5. The molecule has 2 N–H and O–H groups in total. The number of hydrogen-bond donors (Lipinski definition) is 2. The predicted octanol–water partition coefficient (Wildman–Crippen LogP) is 2.98. The number of hydrogen-bond acceptors (Lipinski definition) is 5. The molecule has 1 heterocycles. The maximum Gasteiger partial charge on any atom is 0.319 e. The van der Waals surface area contributed by atoms with Crippen LogP contribution in [0.3, 0.4) is 0 Å². The predicted molar refractivity (Wildman–Crippen MR) is 115 cm³/mol. The van der Waals surface area contributed by atoms with Crippen molar-refractivity contribution in [2.45, 2.75) is 6.92 Å². The van der Waals surface area contributed by atoms with Crippen molar-refractivity contribution in [1.82, 2.24) is 5.32 Å². The number of anilines is 2. The summed E-state index contributed by atoms with van der Waals surface area (Å²) in [5.41, 5.74) is 1.43. The largest absolute Gasteiger partial charge is 0.464 e. The molecular formula is C21H20ClFN4O4. The van der Waals surface area contributed by atoms with Gasteiger partial charge in [-0.15, -0.1) is 0 Å². The summed E-state index contributed by atoms with van der Waals surface area (Å²) in [6.07, 6.45) is 0. The fraction of sp³-hybridized carbons (Fsp3) is 0.238. The van der Waals surface area contributed by atoms with Crippen molar-refractivity contribution in [3.05, 3.63) is 58.4 Å². The maximum atomic E-state index is 14.5. The molecule has 10 heteroatoms. The van der Waals surface area contributed by atoms with Crippen LogP contribution in [-0.2, 0) is 14.3 Å². The van der Waals surface area contributed by atoms with Crippen LogP contribution in [0.25, 0.3) is 0 Å². The Hall–Kier alpha value is -3.46. The van der Waals surface area contributed by atoms with Gasteiger partial charge >= 0.3 is 12.0 Å². The lowest BCUT2D eigenvalue weighted by Gasteiger charge is -2.21. The molecule has 0 unspecified atom stereocenters. The molecule has 1 aliphatic rings. The monoisotopic (exact) mass is 446 g/mol. The van der Waals surface area contributed by atoms with Gasteiger partial charge in [0.05, 0.1) is 28.7 Å². The Morgan fingerprint density at radius 3 is 2.71 bits per heavy atom. The van der Waals surface area contributed by atoms with Gasteiger partial charge in [-0.3, -0.25) is 14.6 Å². The summed E-state index contributed by atoms with van der Waals surface area (Å²) in [4.78, 5) is 41.0. The summed E-state index contributed by atoms with van der Waals surface area (Å²) in [6.45, 7) is 1.22. The topological polar surface area (TPSA) is 100 Å². The third-order valence-corrected chi connectivity index (χ3v) is 4.93. The van der Waals surface area contributed by atoms with Crippen LogP contribution in [-0.4, -0.2) is 50.4 Å². The lowest BCUT2D eigenvalue weighted by molar-refractivity contribution is -0.140. The van der Waals surface area contributed by atoms with Crippen LogP contribution in [0.15, 0.2) is 41.4 Å². The molecule has 0 saturated heterocycles. The van der Waals surface area contributed by atoms with Gasteiger partial charge < -0.3 is 20.3 Å². The number of nitrogens with zero attached hydrogens (tertiary/aromatic N) is 2. The molecule has 8 nitrogen and oxygen atoms in total. The molecule has 2 aromatic rings. The molecule has 2 aromatic carbocycles. The highest BCUT2D eigenvalue weighted by molar-refractivity contribution is 6.40.